The normalized spacial score (nSPS) is 9.38. The Bertz CT molecular complexity index is 257. The van der Waals surface area contributed by atoms with Gasteiger partial charge in [0, 0.05) is 0 Å². The maximum absolute atomic E-state index is 5.37. The van der Waals surface area contributed by atoms with E-state index in [1.54, 1.807) is 0 Å². The molecule has 2 nitrogen and oxygen atoms in total. The molecule has 0 atom stereocenters. The molecule has 0 unspecified atom stereocenters. The lowest BCUT2D eigenvalue weighted by molar-refractivity contribution is 0.181. The van der Waals surface area contributed by atoms with E-state index in [0.29, 0.717) is 24.7 Å². The number of hydrogen-bond donors (Lipinski definition) is 0. The summed E-state index contributed by atoms with van der Waals surface area (Å²) in [5.41, 5.74) is 1.74. The molecule has 0 spiro atoms. The summed E-state index contributed by atoms with van der Waals surface area (Å²) in [4.78, 5) is 0. The third-order valence-electron chi connectivity index (χ3n) is 2.04. The van der Waals surface area contributed by atoms with Crippen LogP contribution in [0, 0.1) is 0 Å². The van der Waals surface area contributed by atoms with Crippen LogP contribution in [0.2, 0.25) is 0 Å². The Morgan fingerprint density at radius 2 is 1.06 bits per heavy atom. The molecule has 0 heterocycles. The van der Waals surface area contributed by atoms with Gasteiger partial charge in [-0.1, -0.05) is 26.3 Å². The van der Waals surface area contributed by atoms with Crippen molar-refractivity contribution in [1.82, 2.24) is 0 Å². The molecule has 0 N–H and O–H groups in total. The molecule has 0 aromatic carbocycles. The fraction of sp³-hybridized carbons (Fsp3) is 0.429. The van der Waals surface area contributed by atoms with Crippen molar-refractivity contribution >= 4 is 0 Å². The third-order valence-corrected chi connectivity index (χ3v) is 2.04. The molecule has 90 valence electrons. The highest BCUT2D eigenvalue weighted by atomic mass is 16.5. The maximum Gasteiger partial charge on any atom is 0.114 e. The van der Waals surface area contributed by atoms with Gasteiger partial charge in [0.15, 0.2) is 0 Å². The second kappa shape index (κ2) is 7.80. The zero-order valence-corrected chi connectivity index (χ0v) is 10.5. The molecule has 0 fully saturated rings. The van der Waals surface area contributed by atoms with Gasteiger partial charge in [-0.15, -0.1) is 0 Å². The largest absolute Gasteiger partial charge is 0.494 e. The molecule has 0 aliphatic carbocycles. The molecule has 0 bridgehead atoms. The minimum atomic E-state index is 0.647. The molecule has 0 saturated carbocycles. The Kier molecular flexibility index (Phi) is 7.10. The summed E-state index contributed by atoms with van der Waals surface area (Å²) in [6, 6.07) is 0. The van der Waals surface area contributed by atoms with Gasteiger partial charge in [0.2, 0.25) is 0 Å². The summed E-state index contributed by atoms with van der Waals surface area (Å²) in [7, 11) is 0. The molecule has 0 radical (unpaired) electrons. The van der Waals surface area contributed by atoms with E-state index in [9.17, 15) is 0 Å². The smallest absolute Gasteiger partial charge is 0.114 e. The molecule has 0 aromatic heterocycles. The monoisotopic (exact) mass is 222 g/mol. The SMILES string of the molecule is C=C(C)C(=C)OCCCCOC(=C)C(=C)C. The van der Waals surface area contributed by atoms with Crippen molar-refractivity contribution in [3.63, 3.8) is 0 Å². The molecule has 0 saturated heterocycles. The number of rotatable bonds is 9. The lowest BCUT2D eigenvalue weighted by Crippen LogP contribution is -1.99. The average Bonchev–Trinajstić information content (AvgIpc) is 2.21. The van der Waals surface area contributed by atoms with Gasteiger partial charge >= 0.3 is 0 Å². The van der Waals surface area contributed by atoms with Gasteiger partial charge in [0.25, 0.3) is 0 Å². The fourth-order valence-electron chi connectivity index (χ4n) is 0.841. The van der Waals surface area contributed by atoms with Crippen LogP contribution in [0.1, 0.15) is 26.7 Å². The van der Waals surface area contributed by atoms with Crippen molar-refractivity contribution in [1.29, 1.82) is 0 Å². The van der Waals surface area contributed by atoms with Gasteiger partial charge in [0.05, 0.1) is 13.2 Å². The minimum absolute atomic E-state index is 0.647. The van der Waals surface area contributed by atoms with Crippen LogP contribution in [0.5, 0.6) is 0 Å². The van der Waals surface area contributed by atoms with Crippen LogP contribution >= 0.6 is 0 Å². The Hall–Kier alpha value is -1.44. The van der Waals surface area contributed by atoms with Crippen LogP contribution < -0.4 is 0 Å². The molecule has 0 rings (SSSR count). The highest BCUT2D eigenvalue weighted by Gasteiger charge is 1.97. The highest BCUT2D eigenvalue weighted by molar-refractivity contribution is 5.16. The molecule has 16 heavy (non-hydrogen) atoms. The van der Waals surface area contributed by atoms with Gasteiger partial charge in [0.1, 0.15) is 11.5 Å². The van der Waals surface area contributed by atoms with Gasteiger partial charge in [-0.05, 0) is 37.8 Å². The van der Waals surface area contributed by atoms with E-state index in [-0.39, 0.29) is 0 Å². The second-order valence-electron chi connectivity index (χ2n) is 3.81. The van der Waals surface area contributed by atoms with E-state index in [1.165, 1.54) is 0 Å². The summed E-state index contributed by atoms with van der Waals surface area (Å²) >= 11 is 0. The van der Waals surface area contributed by atoms with E-state index in [0.717, 1.165) is 24.0 Å². The summed E-state index contributed by atoms with van der Waals surface area (Å²) in [5.74, 6) is 1.32. The van der Waals surface area contributed by atoms with Crippen LogP contribution in [0.15, 0.2) is 49.0 Å². The summed E-state index contributed by atoms with van der Waals surface area (Å²) in [6.07, 6.45) is 1.85. The second-order valence-corrected chi connectivity index (χ2v) is 3.81. The van der Waals surface area contributed by atoms with Crippen molar-refractivity contribution in [2.75, 3.05) is 13.2 Å². The fourth-order valence-corrected chi connectivity index (χ4v) is 0.841. The van der Waals surface area contributed by atoms with E-state index in [2.05, 4.69) is 26.3 Å². The maximum atomic E-state index is 5.37. The molecule has 0 aliphatic heterocycles. The number of hydrogen-bond acceptors (Lipinski definition) is 2. The van der Waals surface area contributed by atoms with Crippen LogP contribution in [-0.2, 0) is 9.47 Å². The first-order chi connectivity index (χ1) is 7.45. The zero-order valence-electron chi connectivity index (χ0n) is 10.5. The molecule has 0 aliphatic rings. The standard InChI is InChI=1S/C14H22O2/c1-11(2)13(5)15-9-7-8-10-16-14(6)12(3)4/h1,3,5-10H2,2,4H3. The first-order valence-electron chi connectivity index (χ1n) is 5.40. The average molecular weight is 222 g/mol. The molecular weight excluding hydrogens is 200 g/mol. The molecule has 2 heteroatoms. The van der Waals surface area contributed by atoms with Crippen LogP contribution in [0.25, 0.3) is 0 Å². The van der Waals surface area contributed by atoms with Crippen LogP contribution in [0.3, 0.4) is 0 Å². The van der Waals surface area contributed by atoms with E-state index in [1.807, 2.05) is 13.8 Å². The Morgan fingerprint density at radius 3 is 1.31 bits per heavy atom. The lowest BCUT2D eigenvalue weighted by atomic mass is 10.3. The zero-order chi connectivity index (χ0) is 12.6. The number of unbranched alkanes of at least 4 members (excludes halogenated alkanes) is 1. The Morgan fingerprint density at radius 1 is 0.750 bits per heavy atom. The summed E-state index contributed by atoms with van der Waals surface area (Å²) < 4.78 is 10.7. The predicted octanol–water partition coefficient (Wildman–Crippen LogP) is 3.98. The van der Waals surface area contributed by atoms with E-state index in [4.69, 9.17) is 9.47 Å². The van der Waals surface area contributed by atoms with Gasteiger partial charge < -0.3 is 9.47 Å². The molecular formula is C14H22O2. The summed E-state index contributed by atoms with van der Waals surface area (Å²) in [5, 5.41) is 0. The van der Waals surface area contributed by atoms with E-state index < -0.39 is 0 Å². The summed E-state index contributed by atoms with van der Waals surface area (Å²) in [6.45, 7) is 20.0. The van der Waals surface area contributed by atoms with Crippen LogP contribution in [0.4, 0.5) is 0 Å². The number of allylic oxidation sites excluding steroid dienone is 2. The molecule has 0 amide bonds. The topological polar surface area (TPSA) is 18.5 Å². The predicted molar refractivity (Wildman–Crippen MR) is 69.0 cm³/mol. The van der Waals surface area contributed by atoms with Gasteiger partial charge in [-0.25, -0.2) is 0 Å². The van der Waals surface area contributed by atoms with Crippen molar-refractivity contribution in [2.24, 2.45) is 0 Å². The van der Waals surface area contributed by atoms with Crippen LogP contribution in [-0.4, -0.2) is 13.2 Å². The van der Waals surface area contributed by atoms with Gasteiger partial charge in [-0.3, -0.25) is 0 Å². The highest BCUT2D eigenvalue weighted by Crippen LogP contribution is 2.08. The Labute approximate surface area is 99.0 Å². The Balaban J connectivity index is 3.41. The van der Waals surface area contributed by atoms with Crippen molar-refractivity contribution in [3.05, 3.63) is 49.0 Å². The van der Waals surface area contributed by atoms with E-state index >= 15 is 0 Å². The van der Waals surface area contributed by atoms with Crippen molar-refractivity contribution < 1.29 is 9.47 Å². The van der Waals surface area contributed by atoms with Crippen molar-refractivity contribution in [2.45, 2.75) is 26.7 Å². The van der Waals surface area contributed by atoms with Gasteiger partial charge in [-0.2, -0.15) is 0 Å². The first kappa shape index (κ1) is 14.6. The van der Waals surface area contributed by atoms with Crippen molar-refractivity contribution in [3.8, 4) is 0 Å². The number of ether oxygens (including phenoxy) is 2. The molecule has 0 aromatic rings. The lowest BCUT2D eigenvalue weighted by Gasteiger charge is -2.10. The minimum Gasteiger partial charge on any atom is -0.494 e. The third kappa shape index (κ3) is 6.93. The first-order valence-corrected chi connectivity index (χ1v) is 5.40. The quantitative estimate of drug-likeness (QED) is 0.334.